The Kier molecular flexibility index (Phi) is 10.8. The van der Waals surface area contributed by atoms with Crippen LogP contribution in [0.2, 0.25) is 0 Å². The molecule has 8 aromatic carbocycles. The Morgan fingerprint density at radius 2 is 1.01 bits per heavy atom. The van der Waals surface area contributed by atoms with E-state index in [0.717, 1.165) is 12.8 Å². The molecule has 408 valence electrons. The zero-order chi connectivity index (χ0) is 56.1. The molecule has 3 nitrogen and oxygen atoms in total. The molecule has 0 spiro atoms. The molecule has 4 unspecified atom stereocenters. The summed E-state index contributed by atoms with van der Waals surface area (Å²) in [5.74, 6) is 0. The maximum absolute atomic E-state index is 2.98. The molecule has 4 aliphatic heterocycles. The van der Waals surface area contributed by atoms with Crippen LogP contribution >= 0.6 is 11.3 Å². The van der Waals surface area contributed by atoms with Gasteiger partial charge in [-0.05, 0) is 171 Å². The van der Waals surface area contributed by atoms with Crippen molar-refractivity contribution in [2.75, 3.05) is 14.7 Å². The van der Waals surface area contributed by atoms with Crippen LogP contribution in [0.5, 0.6) is 0 Å². The van der Waals surface area contributed by atoms with Gasteiger partial charge in [0.25, 0.3) is 6.71 Å². The third kappa shape index (κ3) is 7.00. The molecule has 15 rings (SSSR count). The topological polar surface area (TPSA) is 9.72 Å². The van der Waals surface area contributed by atoms with Crippen LogP contribution in [0.15, 0.2) is 152 Å². The highest BCUT2D eigenvalue weighted by molar-refractivity contribution is 7.26. The maximum atomic E-state index is 2.98. The lowest BCUT2D eigenvalue weighted by atomic mass is 9.33. The second-order valence-electron chi connectivity index (χ2n) is 29.6. The number of anilines is 7. The lowest BCUT2D eigenvalue weighted by Gasteiger charge is -2.54. The molecule has 2 fully saturated rings. The summed E-state index contributed by atoms with van der Waals surface area (Å²) in [6, 6.07) is 60.8. The molecule has 5 heterocycles. The Balaban J connectivity index is 1.12. The van der Waals surface area contributed by atoms with Gasteiger partial charge in [0.05, 0.1) is 22.5 Å². The fraction of sp³-hybridized carbons (Fsp3) is 0.368. The van der Waals surface area contributed by atoms with E-state index in [-0.39, 0.29) is 44.9 Å². The smallest absolute Gasteiger partial charge is 0.252 e. The Morgan fingerprint density at radius 3 is 1.69 bits per heavy atom. The molecule has 81 heavy (non-hydrogen) atoms. The van der Waals surface area contributed by atoms with Crippen LogP contribution in [-0.2, 0) is 27.1 Å². The normalized spacial score (nSPS) is 23.6. The van der Waals surface area contributed by atoms with E-state index in [1.54, 1.807) is 5.56 Å². The minimum Gasteiger partial charge on any atom is -0.335 e. The number of rotatable bonds is 4. The van der Waals surface area contributed by atoms with Crippen molar-refractivity contribution < 1.29 is 0 Å². The summed E-state index contributed by atoms with van der Waals surface area (Å²) in [5, 5.41) is 2.74. The van der Waals surface area contributed by atoms with Crippen molar-refractivity contribution in [3.63, 3.8) is 0 Å². The molecule has 1 aromatic heterocycles. The monoisotopic (exact) mass is 1080 g/mol. The lowest BCUT2D eigenvalue weighted by molar-refractivity contribution is 0.194. The zero-order valence-electron chi connectivity index (χ0n) is 50.4. The highest BCUT2D eigenvalue weighted by atomic mass is 32.1. The van der Waals surface area contributed by atoms with E-state index in [1.165, 1.54) is 159 Å². The zero-order valence-corrected chi connectivity index (χ0v) is 51.2. The number of thiophene rings is 1. The molecule has 2 saturated carbocycles. The van der Waals surface area contributed by atoms with Crippen LogP contribution in [0.4, 0.5) is 39.8 Å². The Bertz CT molecular complexity index is 4110. The van der Waals surface area contributed by atoms with Gasteiger partial charge in [0.1, 0.15) is 0 Å². The van der Waals surface area contributed by atoms with E-state index in [1.807, 2.05) is 11.3 Å². The van der Waals surface area contributed by atoms with Crippen molar-refractivity contribution in [1.82, 2.24) is 0 Å². The molecule has 5 heteroatoms. The fourth-order valence-corrected chi connectivity index (χ4v) is 18.0. The third-order valence-corrected chi connectivity index (χ3v) is 23.1. The molecule has 4 atom stereocenters. The first-order chi connectivity index (χ1) is 38.5. The molecule has 2 aliphatic carbocycles. The minimum absolute atomic E-state index is 0.00366. The number of hydrogen-bond donors (Lipinski definition) is 0. The molecule has 0 amide bonds. The van der Waals surface area contributed by atoms with Gasteiger partial charge in [0.15, 0.2) is 0 Å². The van der Waals surface area contributed by atoms with Gasteiger partial charge in [-0.3, -0.25) is 0 Å². The predicted molar refractivity (Wildman–Crippen MR) is 351 cm³/mol. The van der Waals surface area contributed by atoms with E-state index in [9.17, 15) is 0 Å². The maximum Gasteiger partial charge on any atom is 0.252 e. The molecule has 0 bridgehead atoms. The first-order valence-corrected chi connectivity index (χ1v) is 31.5. The van der Waals surface area contributed by atoms with E-state index < -0.39 is 0 Å². The molecule has 0 N–H and O–H groups in total. The first kappa shape index (κ1) is 51.3. The third-order valence-electron chi connectivity index (χ3n) is 22.0. The minimum atomic E-state index is -0.169. The van der Waals surface area contributed by atoms with Crippen molar-refractivity contribution in [2.45, 2.75) is 180 Å². The average molecular weight is 1080 g/mol. The molecule has 0 saturated heterocycles. The van der Waals surface area contributed by atoms with Gasteiger partial charge in [-0.1, -0.05) is 199 Å². The highest BCUT2D eigenvalue weighted by Gasteiger charge is 2.63. The van der Waals surface area contributed by atoms with Gasteiger partial charge >= 0.3 is 0 Å². The van der Waals surface area contributed by atoms with Gasteiger partial charge in [0.2, 0.25) is 0 Å². The highest BCUT2D eigenvalue weighted by Crippen LogP contribution is 2.66. The van der Waals surface area contributed by atoms with Gasteiger partial charge in [0, 0.05) is 65.0 Å². The molecular weight excluding hydrogens is 998 g/mol. The summed E-state index contributed by atoms with van der Waals surface area (Å²) >= 11 is 1.96. The van der Waals surface area contributed by atoms with Crippen LogP contribution < -0.4 is 31.1 Å². The summed E-state index contributed by atoms with van der Waals surface area (Å²) in [6.45, 7) is 32.2. The van der Waals surface area contributed by atoms with Crippen LogP contribution in [-0.4, -0.2) is 17.8 Å². The first-order valence-electron chi connectivity index (χ1n) is 30.7. The molecule has 9 aromatic rings. The quantitative estimate of drug-likeness (QED) is 0.163. The predicted octanol–water partition coefficient (Wildman–Crippen LogP) is 19.4. The summed E-state index contributed by atoms with van der Waals surface area (Å²) in [6.07, 6.45) is 9.59. The second-order valence-corrected chi connectivity index (χ2v) is 30.6. The van der Waals surface area contributed by atoms with Crippen molar-refractivity contribution in [1.29, 1.82) is 0 Å². The van der Waals surface area contributed by atoms with Gasteiger partial charge < -0.3 is 14.7 Å². The van der Waals surface area contributed by atoms with Crippen LogP contribution in [0.1, 0.15) is 169 Å². The SMILES string of the molecule is CC(C)(C)c1ccc(N2c3cc(N4c5ccc(-c6ccccc6)cc5C5(C)CCCCC45C)cc4c3B(c3cc(C(C)(C)C)cc5c3N4C3(C)CCCCC53C)c3ccc4sc5ccc(C(C)(C)C)cc5c4c32)c(-c2ccccc2)c1. The van der Waals surface area contributed by atoms with E-state index in [4.69, 9.17) is 0 Å². The van der Waals surface area contributed by atoms with Crippen molar-refractivity contribution in [3.8, 4) is 22.3 Å². The van der Waals surface area contributed by atoms with Crippen LogP contribution in [0.25, 0.3) is 42.4 Å². The van der Waals surface area contributed by atoms with Gasteiger partial charge in [-0.2, -0.15) is 0 Å². The molecule has 0 radical (unpaired) electrons. The van der Waals surface area contributed by atoms with Crippen LogP contribution in [0, 0.1) is 0 Å². The van der Waals surface area contributed by atoms with Gasteiger partial charge in [-0.15, -0.1) is 11.3 Å². The second kappa shape index (κ2) is 17.0. The van der Waals surface area contributed by atoms with Crippen molar-refractivity contribution in [2.24, 2.45) is 0 Å². The summed E-state index contributed by atoms with van der Waals surface area (Å²) in [5.41, 5.74) is 25.6. The van der Waals surface area contributed by atoms with E-state index in [2.05, 4.69) is 256 Å². The summed E-state index contributed by atoms with van der Waals surface area (Å²) < 4.78 is 2.69. The number of nitrogens with zero attached hydrogens (tertiary/aromatic N) is 3. The number of hydrogen-bond acceptors (Lipinski definition) is 4. The van der Waals surface area contributed by atoms with Gasteiger partial charge in [-0.25, -0.2) is 0 Å². The number of fused-ring (bicyclic) bond motifs is 14. The van der Waals surface area contributed by atoms with Crippen LogP contribution in [0.3, 0.4) is 0 Å². The van der Waals surface area contributed by atoms with Crippen molar-refractivity contribution >= 4 is 94.4 Å². The molecular formula is C76H80BN3S. The van der Waals surface area contributed by atoms with E-state index in [0.29, 0.717) is 0 Å². The Hall–Kier alpha value is -6.56. The Morgan fingerprint density at radius 1 is 0.432 bits per heavy atom. The summed E-state index contributed by atoms with van der Waals surface area (Å²) in [4.78, 5) is 8.71. The molecule has 6 aliphatic rings. The largest absolute Gasteiger partial charge is 0.335 e. The van der Waals surface area contributed by atoms with Crippen molar-refractivity contribution in [3.05, 3.63) is 179 Å². The fourth-order valence-electron chi connectivity index (χ4n) is 16.9. The number of benzene rings is 8. The Labute approximate surface area is 487 Å². The lowest BCUT2D eigenvalue weighted by Crippen LogP contribution is -2.64. The standard InChI is InChI=1S/C76H80BN3S/c1-70(2,3)50-29-33-60(54(41-50)48-26-18-15-19-27-48)78-62-45-53(79-61-32-28-49(47-24-16-14-17-25-47)40-56(61)73(10)36-20-22-38-75(73,79)12)46-63-67(62)77(58-31-35-65-66(69(58)78)55-42-51(71(4,5)6)30-34-64(55)81-65)59-44-52(72(7,8)9)43-57-68(59)80(63)76(13)39-23-21-37-74(57,76)11/h14-19,24-35,40-46H,20-23,36-39H2,1-13H3. The average Bonchev–Trinajstić information content (AvgIpc) is 4.14. The summed E-state index contributed by atoms with van der Waals surface area (Å²) in [7, 11) is 0. The van der Waals surface area contributed by atoms with E-state index >= 15 is 0 Å².